The number of carbonyl (C=O) groups is 3. The van der Waals surface area contributed by atoms with Crippen LogP contribution in [0.4, 0.5) is 10.5 Å². The molecule has 2 aromatic carbocycles. The predicted molar refractivity (Wildman–Crippen MR) is 133 cm³/mol. The number of nitrogens with zero attached hydrogens (tertiary/aromatic N) is 2. The maximum absolute atomic E-state index is 13.5. The van der Waals surface area contributed by atoms with Gasteiger partial charge < -0.3 is 9.57 Å². The van der Waals surface area contributed by atoms with Gasteiger partial charge in [0.25, 0.3) is 5.91 Å². The third-order valence-electron chi connectivity index (χ3n) is 5.27. The Balaban J connectivity index is 1.97. The second kappa shape index (κ2) is 10.9. The lowest BCUT2D eigenvalue weighted by atomic mass is 9.91. The van der Waals surface area contributed by atoms with Crippen molar-refractivity contribution in [3.05, 3.63) is 76.6 Å². The summed E-state index contributed by atoms with van der Waals surface area (Å²) < 4.78 is 5.63. The molecule has 1 saturated heterocycles. The molecule has 186 valence electrons. The van der Waals surface area contributed by atoms with Gasteiger partial charge in [0.05, 0.1) is 17.3 Å². The summed E-state index contributed by atoms with van der Waals surface area (Å²) in [6, 6.07) is 13.8. The van der Waals surface area contributed by atoms with E-state index in [2.05, 4.69) is 5.48 Å². The van der Waals surface area contributed by atoms with Gasteiger partial charge in [-0.2, -0.15) is 4.90 Å². The molecular formula is C26H30ClN3O5. The molecule has 0 spiro atoms. The molecule has 8 nitrogen and oxygen atoms in total. The van der Waals surface area contributed by atoms with Crippen molar-refractivity contribution >= 4 is 35.0 Å². The summed E-state index contributed by atoms with van der Waals surface area (Å²) in [5.74, 6) is -1.25. The van der Waals surface area contributed by atoms with Crippen LogP contribution < -0.4 is 5.48 Å². The van der Waals surface area contributed by atoms with Gasteiger partial charge in [0.15, 0.2) is 5.78 Å². The number of rotatable bonds is 9. The molecule has 2 aromatic rings. The average molecular weight is 500 g/mol. The average Bonchev–Trinajstić information content (AvgIpc) is 3.03. The molecule has 1 unspecified atom stereocenters. The number of allylic oxidation sites excluding steroid dienone is 1. The van der Waals surface area contributed by atoms with Crippen LogP contribution in [0.15, 0.2) is 60.5 Å². The molecule has 9 heteroatoms. The normalized spacial score (nSPS) is 16.6. The van der Waals surface area contributed by atoms with Crippen molar-refractivity contribution in [1.29, 1.82) is 0 Å². The van der Waals surface area contributed by atoms with E-state index in [0.717, 1.165) is 22.1 Å². The molecule has 3 amide bonds. The summed E-state index contributed by atoms with van der Waals surface area (Å²) in [5.41, 5.74) is 4.06. The number of amides is 3. The van der Waals surface area contributed by atoms with Crippen LogP contribution in [0.1, 0.15) is 38.8 Å². The number of hydrogen-bond donors (Lipinski definition) is 1. The van der Waals surface area contributed by atoms with E-state index >= 15 is 0 Å². The summed E-state index contributed by atoms with van der Waals surface area (Å²) in [6.07, 6.45) is -0.0198. The van der Waals surface area contributed by atoms with Crippen molar-refractivity contribution in [3.8, 4) is 0 Å². The number of halogens is 1. The maximum Gasteiger partial charge on any atom is 0.336 e. The lowest BCUT2D eigenvalue weighted by Crippen LogP contribution is -2.36. The van der Waals surface area contributed by atoms with Gasteiger partial charge in [0.1, 0.15) is 0 Å². The summed E-state index contributed by atoms with van der Waals surface area (Å²) in [7, 11) is 0. The van der Waals surface area contributed by atoms with Crippen molar-refractivity contribution in [2.24, 2.45) is 5.41 Å². The van der Waals surface area contributed by atoms with E-state index in [1.165, 1.54) is 4.90 Å². The maximum atomic E-state index is 13.5. The third-order valence-corrected chi connectivity index (χ3v) is 5.60. The van der Waals surface area contributed by atoms with Crippen molar-refractivity contribution in [3.63, 3.8) is 0 Å². The van der Waals surface area contributed by atoms with Crippen LogP contribution in [-0.2, 0) is 25.7 Å². The molecule has 0 aliphatic carbocycles. The van der Waals surface area contributed by atoms with E-state index in [4.69, 9.17) is 21.2 Å². The van der Waals surface area contributed by atoms with Crippen LogP contribution in [0.3, 0.4) is 0 Å². The lowest BCUT2D eigenvalue weighted by molar-refractivity contribution is -0.141. The van der Waals surface area contributed by atoms with Crippen LogP contribution in [-0.4, -0.2) is 40.4 Å². The summed E-state index contributed by atoms with van der Waals surface area (Å²) in [5, 5.41) is 0.370. The zero-order chi connectivity index (χ0) is 25.8. The highest BCUT2D eigenvalue weighted by molar-refractivity contribution is 6.33. The van der Waals surface area contributed by atoms with Crippen LogP contribution in [0, 0.1) is 12.3 Å². The first-order valence-corrected chi connectivity index (χ1v) is 11.7. The van der Waals surface area contributed by atoms with Crippen LogP contribution in [0.2, 0.25) is 5.02 Å². The van der Waals surface area contributed by atoms with Crippen molar-refractivity contribution in [2.75, 3.05) is 12.1 Å². The Morgan fingerprint density at radius 3 is 2.46 bits per heavy atom. The van der Waals surface area contributed by atoms with Gasteiger partial charge in [0.2, 0.25) is 12.1 Å². The van der Waals surface area contributed by atoms with Gasteiger partial charge in [-0.1, -0.05) is 68.8 Å². The fourth-order valence-corrected chi connectivity index (χ4v) is 3.47. The molecule has 1 N–H and O–H groups in total. The van der Waals surface area contributed by atoms with E-state index in [0.29, 0.717) is 10.7 Å². The summed E-state index contributed by atoms with van der Waals surface area (Å²) in [4.78, 5) is 47.5. The Morgan fingerprint density at radius 1 is 1.14 bits per heavy atom. The smallest absolute Gasteiger partial charge is 0.336 e. The number of benzene rings is 2. The number of anilines is 1. The van der Waals surface area contributed by atoms with Gasteiger partial charge in [-0.05, 0) is 37.1 Å². The van der Waals surface area contributed by atoms with Crippen molar-refractivity contribution in [2.45, 2.75) is 47.4 Å². The molecule has 1 aliphatic rings. The number of nitrogens with one attached hydrogen (secondary N) is 1. The number of carbonyl (C=O) groups excluding carboxylic acids is 3. The molecule has 3 rings (SSSR count). The molecule has 0 aromatic heterocycles. The number of hydrogen-bond acceptors (Lipinski definition) is 6. The molecule has 0 bridgehead atoms. The van der Waals surface area contributed by atoms with Crippen LogP contribution in [0.25, 0.3) is 0 Å². The van der Waals surface area contributed by atoms with Crippen LogP contribution >= 0.6 is 11.6 Å². The Kier molecular flexibility index (Phi) is 8.19. The Bertz CT molecular complexity index is 1130. The molecule has 0 saturated carbocycles. The number of imide groups is 1. The van der Waals surface area contributed by atoms with E-state index in [-0.39, 0.29) is 24.8 Å². The second-order valence-corrected chi connectivity index (χ2v) is 9.57. The van der Waals surface area contributed by atoms with Gasteiger partial charge in [-0.15, -0.1) is 0 Å². The van der Waals surface area contributed by atoms with E-state index in [1.54, 1.807) is 39.8 Å². The van der Waals surface area contributed by atoms with Gasteiger partial charge in [0, 0.05) is 18.1 Å². The van der Waals surface area contributed by atoms with Crippen LogP contribution in [0.5, 0.6) is 0 Å². The minimum absolute atomic E-state index is 0.143. The second-order valence-electron chi connectivity index (χ2n) is 9.16. The zero-order valence-corrected chi connectivity index (χ0v) is 21.3. The molecule has 1 heterocycles. The quantitative estimate of drug-likeness (QED) is 0.219. The van der Waals surface area contributed by atoms with E-state index in [9.17, 15) is 14.4 Å². The van der Waals surface area contributed by atoms with Gasteiger partial charge in [-0.25, -0.2) is 10.3 Å². The zero-order valence-electron chi connectivity index (χ0n) is 20.5. The minimum atomic E-state index is -1.16. The largest absolute Gasteiger partial charge is 0.363 e. The Hall–Kier alpha value is -3.36. The topological polar surface area (TPSA) is 88.2 Å². The monoisotopic (exact) mass is 499 g/mol. The molecule has 0 radical (unpaired) electrons. The standard InChI is InChI=1S/C26H30ClN3O5/c1-6-34-24-23(32)30(25(33)29(24)16-18-10-8-7-9-11-18)22(15-21(31)26(3,4)5)35-28-20-14-17(2)12-13-19(20)27/h7-15,24,28H,6,16H2,1-5H3/b22-15-. The first-order chi connectivity index (χ1) is 16.5. The fourth-order valence-electron chi connectivity index (χ4n) is 3.31. The summed E-state index contributed by atoms with van der Waals surface area (Å²) in [6.45, 7) is 9.15. The highest BCUT2D eigenvalue weighted by atomic mass is 35.5. The van der Waals surface area contributed by atoms with E-state index in [1.807, 2.05) is 43.3 Å². The van der Waals surface area contributed by atoms with Gasteiger partial charge in [-0.3, -0.25) is 14.5 Å². The highest BCUT2D eigenvalue weighted by Gasteiger charge is 2.49. The minimum Gasteiger partial charge on any atom is -0.363 e. The first kappa shape index (κ1) is 26.2. The number of ketones is 1. The number of ether oxygens (including phenoxy) is 1. The van der Waals surface area contributed by atoms with Crippen molar-refractivity contribution < 1.29 is 24.0 Å². The molecule has 1 aliphatic heterocycles. The summed E-state index contributed by atoms with van der Waals surface area (Å²) >= 11 is 6.25. The number of aryl methyl sites for hydroxylation is 1. The highest BCUT2D eigenvalue weighted by Crippen LogP contribution is 2.29. The van der Waals surface area contributed by atoms with Crippen molar-refractivity contribution in [1.82, 2.24) is 9.80 Å². The van der Waals surface area contributed by atoms with Gasteiger partial charge >= 0.3 is 6.03 Å². The SMILES string of the molecule is CCOC1C(=O)N(/C(=C/C(=O)C(C)(C)C)ONc2cc(C)ccc2Cl)C(=O)N1Cc1ccccc1. The molecular weight excluding hydrogens is 470 g/mol. The Labute approximate surface area is 210 Å². The third kappa shape index (κ3) is 6.21. The molecule has 1 atom stereocenters. The lowest BCUT2D eigenvalue weighted by Gasteiger charge is -2.22. The Morgan fingerprint density at radius 2 is 1.83 bits per heavy atom. The predicted octanol–water partition coefficient (Wildman–Crippen LogP) is 5.28. The molecule has 35 heavy (non-hydrogen) atoms. The fraction of sp³-hybridized carbons (Fsp3) is 0.346. The number of urea groups is 1. The molecule has 1 fully saturated rings. The first-order valence-electron chi connectivity index (χ1n) is 11.3. The van der Waals surface area contributed by atoms with E-state index < -0.39 is 23.6 Å².